The zero-order valence-corrected chi connectivity index (χ0v) is 16.9. The van der Waals surface area contributed by atoms with Gasteiger partial charge >= 0.3 is 0 Å². The van der Waals surface area contributed by atoms with Gasteiger partial charge in [-0.1, -0.05) is 42.5 Å². The van der Waals surface area contributed by atoms with E-state index in [2.05, 4.69) is 5.32 Å². The molecule has 1 atom stereocenters. The van der Waals surface area contributed by atoms with E-state index in [9.17, 15) is 9.90 Å². The maximum absolute atomic E-state index is 13.4. The lowest BCUT2D eigenvalue weighted by molar-refractivity contribution is -0.129. The summed E-state index contributed by atoms with van der Waals surface area (Å²) >= 11 is 5.38. The molecule has 0 radical (unpaired) electrons. The van der Waals surface area contributed by atoms with Gasteiger partial charge in [-0.2, -0.15) is 0 Å². The molecule has 0 aromatic heterocycles. The number of rotatable bonds is 4. The van der Waals surface area contributed by atoms with E-state index >= 15 is 0 Å². The molecule has 0 spiro atoms. The fourth-order valence-electron chi connectivity index (χ4n) is 3.65. The van der Waals surface area contributed by atoms with Crippen molar-refractivity contribution in [3.05, 3.63) is 83.9 Å². The lowest BCUT2D eigenvalue weighted by atomic mass is 9.81. The number of amides is 1. The Balaban J connectivity index is 1.89. The zero-order valence-electron chi connectivity index (χ0n) is 16.0. The fraction of sp³-hybridized carbons (Fsp3) is 0.130. The maximum Gasteiger partial charge on any atom is 0.263 e. The van der Waals surface area contributed by atoms with Gasteiger partial charge in [0.1, 0.15) is 11.5 Å². The van der Waals surface area contributed by atoms with Crippen LogP contribution in [0.4, 0.5) is 0 Å². The number of methoxy groups -OCH3 is 1. The third-order valence-electron chi connectivity index (χ3n) is 5.22. The molecule has 4 rings (SSSR count). The van der Waals surface area contributed by atoms with Crippen LogP contribution in [0.2, 0.25) is 0 Å². The van der Waals surface area contributed by atoms with Crippen LogP contribution in [0.15, 0.2) is 72.8 Å². The van der Waals surface area contributed by atoms with Crippen molar-refractivity contribution in [2.45, 2.75) is 5.54 Å². The summed E-state index contributed by atoms with van der Waals surface area (Å²) in [4.78, 5) is 14.8. The monoisotopic (exact) mass is 404 g/mol. The average molecular weight is 404 g/mol. The molecule has 0 saturated carbocycles. The van der Waals surface area contributed by atoms with Crippen molar-refractivity contribution in [1.82, 2.24) is 10.2 Å². The molecule has 1 saturated heterocycles. The number of hydrogen-bond acceptors (Lipinski definition) is 4. The Morgan fingerprint density at radius 3 is 2.24 bits per heavy atom. The number of aromatic hydroxyl groups is 1. The number of phenolic OH excluding ortho intramolecular Hbond substituents is 1. The van der Waals surface area contributed by atoms with E-state index in [1.54, 1.807) is 38.4 Å². The molecule has 3 aromatic carbocycles. The van der Waals surface area contributed by atoms with Crippen molar-refractivity contribution >= 4 is 23.2 Å². The van der Waals surface area contributed by atoms with Crippen LogP contribution >= 0.6 is 12.2 Å². The normalized spacial score (nSPS) is 18.6. The first kappa shape index (κ1) is 19.0. The second-order valence-corrected chi connectivity index (χ2v) is 7.29. The molecule has 1 amide bonds. The highest BCUT2D eigenvalue weighted by Gasteiger charge is 2.50. The first-order valence-electron chi connectivity index (χ1n) is 9.10. The summed E-state index contributed by atoms with van der Waals surface area (Å²) < 4.78 is 5.34. The number of phenols is 1. The minimum absolute atomic E-state index is 0.135. The average Bonchev–Trinajstić information content (AvgIpc) is 2.99. The summed E-state index contributed by atoms with van der Waals surface area (Å²) in [6.07, 6.45) is 0. The van der Waals surface area contributed by atoms with Gasteiger partial charge in [-0.15, -0.1) is 0 Å². The van der Waals surface area contributed by atoms with Crippen LogP contribution in [-0.4, -0.2) is 35.2 Å². The molecular formula is C23H20N2O3S. The highest BCUT2D eigenvalue weighted by atomic mass is 32.1. The van der Waals surface area contributed by atoms with E-state index < -0.39 is 5.54 Å². The van der Waals surface area contributed by atoms with Gasteiger partial charge in [-0.05, 0) is 64.8 Å². The SMILES string of the molecule is COc1cccc(-c2cccc(C3(c4ccc(O)cc4)NC(=S)N(C)C3=O)c2)c1. The Morgan fingerprint density at radius 1 is 0.966 bits per heavy atom. The molecule has 3 aromatic rings. The third kappa shape index (κ3) is 3.11. The minimum Gasteiger partial charge on any atom is -0.508 e. The van der Waals surface area contributed by atoms with Crippen LogP contribution in [0.5, 0.6) is 11.5 Å². The predicted molar refractivity (Wildman–Crippen MR) is 116 cm³/mol. The third-order valence-corrected chi connectivity index (χ3v) is 5.60. The molecule has 0 aliphatic carbocycles. The van der Waals surface area contributed by atoms with Gasteiger partial charge in [-0.3, -0.25) is 9.69 Å². The lowest BCUT2D eigenvalue weighted by Gasteiger charge is -2.28. The summed E-state index contributed by atoms with van der Waals surface area (Å²) in [6, 6.07) is 22.2. The first-order chi connectivity index (χ1) is 14.0. The summed E-state index contributed by atoms with van der Waals surface area (Å²) in [5.41, 5.74) is 2.24. The molecule has 1 fully saturated rings. The molecule has 1 heterocycles. The van der Waals surface area contributed by atoms with Crippen LogP contribution in [0.1, 0.15) is 11.1 Å². The summed E-state index contributed by atoms with van der Waals surface area (Å²) in [6.45, 7) is 0. The van der Waals surface area contributed by atoms with Crippen molar-refractivity contribution < 1.29 is 14.6 Å². The Hall–Kier alpha value is -3.38. The van der Waals surface area contributed by atoms with Crippen molar-refractivity contribution in [3.8, 4) is 22.6 Å². The van der Waals surface area contributed by atoms with Gasteiger partial charge in [0.2, 0.25) is 0 Å². The molecule has 0 bridgehead atoms. The topological polar surface area (TPSA) is 61.8 Å². The summed E-state index contributed by atoms with van der Waals surface area (Å²) in [5.74, 6) is 0.725. The summed E-state index contributed by atoms with van der Waals surface area (Å²) in [7, 11) is 3.29. The van der Waals surface area contributed by atoms with E-state index in [4.69, 9.17) is 17.0 Å². The number of nitrogens with one attached hydrogen (secondary N) is 1. The van der Waals surface area contributed by atoms with E-state index in [1.165, 1.54) is 4.90 Å². The standard InChI is InChI=1S/C23H20N2O3S/c1-25-21(27)23(24-22(25)29,17-9-11-19(26)12-10-17)18-7-3-5-15(13-18)16-6-4-8-20(14-16)28-2/h3-14,26H,1-2H3,(H,24,29). The van der Waals surface area contributed by atoms with Crippen molar-refractivity contribution in [1.29, 1.82) is 0 Å². The van der Waals surface area contributed by atoms with Crippen LogP contribution in [0.3, 0.4) is 0 Å². The highest BCUT2D eigenvalue weighted by Crippen LogP contribution is 2.38. The van der Waals surface area contributed by atoms with Crippen LogP contribution in [0, 0.1) is 0 Å². The molecular weight excluding hydrogens is 384 g/mol. The number of benzene rings is 3. The molecule has 146 valence electrons. The molecule has 5 nitrogen and oxygen atoms in total. The Kier molecular flexibility index (Phi) is 4.72. The van der Waals surface area contributed by atoms with Crippen molar-refractivity contribution in [3.63, 3.8) is 0 Å². The first-order valence-corrected chi connectivity index (χ1v) is 9.51. The summed E-state index contributed by atoms with van der Waals surface area (Å²) in [5, 5.41) is 13.3. The number of carbonyl (C=O) groups excluding carboxylic acids is 1. The van der Waals surface area contributed by atoms with Crippen LogP contribution in [0.25, 0.3) is 11.1 Å². The molecule has 29 heavy (non-hydrogen) atoms. The van der Waals surface area contributed by atoms with E-state index in [1.807, 2.05) is 48.5 Å². The smallest absolute Gasteiger partial charge is 0.263 e. The Bertz CT molecular complexity index is 1100. The van der Waals surface area contributed by atoms with Gasteiger partial charge in [0, 0.05) is 7.05 Å². The number of carbonyl (C=O) groups is 1. The molecule has 2 N–H and O–H groups in total. The van der Waals surface area contributed by atoms with Crippen molar-refractivity contribution in [2.24, 2.45) is 0 Å². The van der Waals surface area contributed by atoms with Crippen LogP contribution in [-0.2, 0) is 10.3 Å². The number of likely N-dealkylation sites (N-methyl/N-ethyl adjacent to an activating group) is 1. The second kappa shape index (κ2) is 7.22. The van der Waals surface area contributed by atoms with Gasteiger partial charge in [0.25, 0.3) is 5.91 Å². The largest absolute Gasteiger partial charge is 0.508 e. The predicted octanol–water partition coefficient (Wildman–Crippen LogP) is 3.66. The van der Waals surface area contributed by atoms with E-state index in [0.717, 1.165) is 22.4 Å². The highest BCUT2D eigenvalue weighted by molar-refractivity contribution is 7.80. The second-order valence-electron chi connectivity index (χ2n) is 6.90. The quantitative estimate of drug-likeness (QED) is 0.650. The van der Waals surface area contributed by atoms with Gasteiger partial charge in [-0.25, -0.2) is 0 Å². The fourth-order valence-corrected chi connectivity index (χ4v) is 3.88. The number of ether oxygens (including phenoxy) is 1. The van der Waals surface area contributed by atoms with Gasteiger partial charge < -0.3 is 15.2 Å². The molecule has 1 unspecified atom stereocenters. The number of nitrogens with zero attached hydrogens (tertiary/aromatic N) is 1. The van der Waals surface area contributed by atoms with E-state index in [-0.39, 0.29) is 11.7 Å². The molecule has 1 aliphatic heterocycles. The molecule has 6 heteroatoms. The molecule has 1 aliphatic rings. The van der Waals surface area contributed by atoms with Crippen LogP contribution < -0.4 is 10.1 Å². The van der Waals surface area contributed by atoms with Gasteiger partial charge in [0.05, 0.1) is 7.11 Å². The zero-order chi connectivity index (χ0) is 20.6. The number of hydrogen-bond donors (Lipinski definition) is 2. The number of thiocarbonyl (C=S) groups is 1. The minimum atomic E-state index is -1.16. The van der Waals surface area contributed by atoms with Gasteiger partial charge in [0.15, 0.2) is 10.7 Å². The Labute approximate surface area is 174 Å². The maximum atomic E-state index is 13.4. The van der Waals surface area contributed by atoms with E-state index in [0.29, 0.717) is 10.7 Å². The van der Waals surface area contributed by atoms with Crippen molar-refractivity contribution in [2.75, 3.05) is 14.2 Å². The Morgan fingerprint density at radius 2 is 1.62 bits per heavy atom. The lowest BCUT2D eigenvalue weighted by Crippen LogP contribution is -2.44.